The number of hydrogen-bond acceptors (Lipinski definition) is 4. The standard InChI is InChI=1S/C19H24F3N5O2S.HI/c1-23-18(26-13-16-5-2-4-15-6-3-9-24-17(15)16)25-12-14-7-10-27(11-8-14)30(28,29)19(20,21)22;/h2-6,9,14H,7-8,10-13H2,1H3,(H2,23,25,26);1H. The molecule has 0 bridgehead atoms. The molecular weight excluding hydrogens is 546 g/mol. The van der Waals surface area contributed by atoms with Gasteiger partial charge in [-0.3, -0.25) is 9.98 Å². The molecule has 2 heterocycles. The first-order valence-corrected chi connectivity index (χ1v) is 11.0. The van der Waals surface area contributed by atoms with Crippen LogP contribution in [-0.4, -0.2) is 55.9 Å². The highest BCUT2D eigenvalue weighted by Crippen LogP contribution is 2.30. The molecule has 0 amide bonds. The molecule has 172 valence electrons. The minimum absolute atomic E-state index is 0. The molecular formula is C19H25F3IN5O2S. The van der Waals surface area contributed by atoms with Crippen LogP contribution in [-0.2, 0) is 16.6 Å². The van der Waals surface area contributed by atoms with Crippen molar-refractivity contribution in [1.29, 1.82) is 0 Å². The minimum atomic E-state index is -5.25. The van der Waals surface area contributed by atoms with E-state index in [0.29, 0.717) is 36.2 Å². The number of alkyl halides is 3. The molecule has 1 saturated heterocycles. The van der Waals surface area contributed by atoms with Gasteiger partial charge in [0.05, 0.1) is 5.52 Å². The van der Waals surface area contributed by atoms with Gasteiger partial charge in [0.15, 0.2) is 5.96 Å². The van der Waals surface area contributed by atoms with Crippen LogP contribution in [0.25, 0.3) is 10.9 Å². The zero-order valence-corrected chi connectivity index (χ0v) is 20.0. The van der Waals surface area contributed by atoms with Crippen LogP contribution in [0.4, 0.5) is 13.2 Å². The average molecular weight is 571 g/mol. The maximum absolute atomic E-state index is 12.7. The Balaban J connectivity index is 0.00000341. The first-order valence-electron chi connectivity index (χ1n) is 9.56. The zero-order chi connectivity index (χ0) is 21.8. The molecule has 1 fully saturated rings. The van der Waals surface area contributed by atoms with Gasteiger partial charge in [-0.2, -0.15) is 17.5 Å². The molecule has 12 heteroatoms. The maximum atomic E-state index is 12.7. The number of aliphatic imine (C=N–C) groups is 1. The molecule has 0 atom stereocenters. The Morgan fingerprint density at radius 3 is 2.52 bits per heavy atom. The van der Waals surface area contributed by atoms with Crippen LogP contribution in [0.5, 0.6) is 0 Å². The van der Waals surface area contributed by atoms with Crippen molar-refractivity contribution in [2.45, 2.75) is 24.9 Å². The van der Waals surface area contributed by atoms with Gasteiger partial charge in [-0.25, -0.2) is 8.42 Å². The summed E-state index contributed by atoms with van der Waals surface area (Å²) in [5, 5.41) is 7.43. The Bertz CT molecular complexity index is 1000. The smallest absolute Gasteiger partial charge is 0.356 e. The summed E-state index contributed by atoms with van der Waals surface area (Å²) in [6.45, 7) is 0.730. The third-order valence-electron chi connectivity index (χ3n) is 5.15. The summed E-state index contributed by atoms with van der Waals surface area (Å²) in [5.41, 5.74) is -3.33. The van der Waals surface area contributed by atoms with Crippen LogP contribution in [0.1, 0.15) is 18.4 Å². The van der Waals surface area contributed by atoms with Gasteiger partial charge in [-0.05, 0) is 30.4 Å². The summed E-state index contributed by atoms with van der Waals surface area (Å²) in [6.07, 6.45) is 2.45. The quantitative estimate of drug-likeness (QED) is 0.328. The highest BCUT2D eigenvalue weighted by atomic mass is 127. The van der Waals surface area contributed by atoms with Gasteiger partial charge in [-0.1, -0.05) is 24.3 Å². The lowest BCUT2D eigenvalue weighted by atomic mass is 9.98. The number of para-hydroxylation sites is 1. The molecule has 0 saturated carbocycles. The SMILES string of the molecule is CN=C(NCc1cccc2cccnc12)NCC1CCN(S(=O)(=O)C(F)(F)F)CC1.I. The molecule has 1 aliphatic heterocycles. The van der Waals surface area contributed by atoms with E-state index in [-0.39, 0.29) is 43.0 Å². The molecule has 0 spiro atoms. The third-order valence-corrected chi connectivity index (χ3v) is 6.78. The number of halogens is 4. The van der Waals surface area contributed by atoms with Gasteiger partial charge >= 0.3 is 15.5 Å². The summed E-state index contributed by atoms with van der Waals surface area (Å²) in [4.78, 5) is 8.59. The highest BCUT2D eigenvalue weighted by molar-refractivity contribution is 14.0. The van der Waals surface area contributed by atoms with Gasteiger partial charge in [0.2, 0.25) is 0 Å². The monoisotopic (exact) mass is 571 g/mol. The summed E-state index contributed by atoms with van der Waals surface area (Å²) >= 11 is 0. The second-order valence-electron chi connectivity index (χ2n) is 7.09. The Morgan fingerprint density at radius 1 is 1.19 bits per heavy atom. The lowest BCUT2D eigenvalue weighted by Gasteiger charge is -2.31. The predicted molar refractivity (Wildman–Crippen MR) is 125 cm³/mol. The molecule has 1 aliphatic rings. The predicted octanol–water partition coefficient (Wildman–Crippen LogP) is 3.08. The van der Waals surface area contributed by atoms with Crippen molar-refractivity contribution < 1.29 is 21.6 Å². The molecule has 31 heavy (non-hydrogen) atoms. The van der Waals surface area contributed by atoms with Crippen molar-refractivity contribution in [3.63, 3.8) is 0 Å². The molecule has 0 radical (unpaired) electrons. The van der Waals surface area contributed by atoms with Crippen LogP contribution in [0.2, 0.25) is 0 Å². The molecule has 7 nitrogen and oxygen atoms in total. The van der Waals surface area contributed by atoms with E-state index in [4.69, 9.17) is 0 Å². The summed E-state index contributed by atoms with van der Waals surface area (Å²) in [6, 6.07) is 9.80. The molecule has 2 N–H and O–H groups in total. The Morgan fingerprint density at radius 2 is 1.87 bits per heavy atom. The number of hydrogen-bond donors (Lipinski definition) is 2. The van der Waals surface area contributed by atoms with Crippen LogP contribution < -0.4 is 10.6 Å². The van der Waals surface area contributed by atoms with Crippen molar-refractivity contribution in [3.05, 3.63) is 42.1 Å². The Hall–Kier alpha value is -1.67. The van der Waals surface area contributed by atoms with E-state index in [9.17, 15) is 21.6 Å². The van der Waals surface area contributed by atoms with E-state index in [1.807, 2.05) is 30.3 Å². The van der Waals surface area contributed by atoms with Crippen molar-refractivity contribution in [3.8, 4) is 0 Å². The highest BCUT2D eigenvalue weighted by Gasteiger charge is 2.50. The number of aromatic nitrogens is 1. The van der Waals surface area contributed by atoms with Crippen molar-refractivity contribution in [1.82, 2.24) is 19.9 Å². The van der Waals surface area contributed by atoms with Gasteiger partial charge in [-0.15, -0.1) is 24.0 Å². The number of piperidine rings is 1. The van der Waals surface area contributed by atoms with Crippen molar-refractivity contribution in [2.24, 2.45) is 10.9 Å². The van der Waals surface area contributed by atoms with Crippen LogP contribution in [0.15, 0.2) is 41.5 Å². The number of nitrogens with zero attached hydrogens (tertiary/aromatic N) is 3. The lowest BCUT2D eigenvalue weighted by molar-refractivity contribution is -0.0496. The second kappa shape index (κ2) is 10.8. The van der Waals surface area contributed by atoms with Gasteiger partial charge in [0, 0.05) is 44.8 Å². The summed E-state index contributed by atoms with van der Waals surface area (Å²) in [5.74, 6) is 0.621. The lowest BCUT2D eigenvalue weighted by Crippen LogP contribution is -2.47. The van der Waals surface area contributed by atoms with E-state index in [1.54, 1.807) is 13.2 Å². The fourth-order valence-corrected chi connectivity index (χ4v) is 4.44. The number of guanidine groups is 1. The molecule has 0 aliphatic carbocycles. The van der Waals surface area contributed by atoms with Gasteiger partial charge in [0.1, 0.15) is 0 Å². The van der Waals surface area contributed by atoms with Crippen molar-refractivity contribution >= 4 is 50.9 Å². The van der Waals surface area contributed by atoms with Crippen molar-refractivity contribution in [2.75, 3.05) is 26.7 Å². The zero-order valence-electron chi connectivity index (χ0n) is 16.9. The largest absolute Gasteiger partial charge is 0.511 e. The number of pyridine rings is 1. The fourth-order valence-electron chi connectivity index (χ4n) is 3.45. The number of sulfonamides is 1. The molecule has 0 unspecified atom stereocenters. The second-order valence-corrected chi connectivity index (χ2v) is 9.02. The number of benzene rings is 1. The summed E-state index contributed by atoms with van der Waals surface area (Å²) < 4.78 is 61.5. The number of nitrogens with one attached hydrogen (secondary N) is 2. The van der Waals surface area contributed by atoms with E-state index in [1.165, 1.54) is 0 Å². The maximum Gasteiger partial charge on any atom is 0.511 e. The molecule has 2 aromatic rings. The first-order chi connectivity index (χ1) is 14.2. The summed E-state index contributed by atoms with van der Waals surface area (Å²) in [7, 11) is -3.61. The normalized spacial score (nSPS) is 16.7. The third kappa shape index (κ3) is 6.19. The average Bonchev–Trinajstić information content (AvgIpc) is 2.73. The molecule has 1 aromatic carbocycles. The van der Waals surface area contributed by atoms with E-state index in [2.05, 4.69) is 20.6 Å². The topological polar surface area (TPSA) is 86.7 Å². The Labute approximate surface area is 196 Å². The molecule has 1 aromatic heterocycles. The number of rotatable bonds is 5. The van der Waals surface area contributed by atoms with Gasteiger partial charge < -0.3 is 10.6 Å². The Kier molecular flexibility index (Phi) is 8.89. The first kappa shape index (κ1) is 25.6. The van der Waals surface area contributed by atoms with Gasteiger partial charge in [0.25, 0.3) is 0 Å². The molecule has 3 rings (SSSR count). The van der Waals surface area contributed by atoms with Crippen LogP contribution in [0, 0.1) is 5.92 Å². The van der Waals surface area contributed by atoms with Crippen LogP contribution >= 0.6 is 24.0 Å². The van der Waals surface area contributed by atoms with E-state index in [0.717, 1.165) is 16.5 Å². The van der Waals surface area contributed by atoms with E-state index >= 15 is 0 Å². The number of fused-ring (bicyclic) bond motifs is 1. The fraction of sp³-hybridized carbons (Fsp3) is 0.474. The van der Waals surface area contributed by atoms with E-state index < -0.39 is 15.5 Å². The van der Waals surface area contributed by atoms with Crippen LogP contribution in [0.3, 0.4) is 0 Å². The minimum Gasteiger partial charge on any atom is -0.356 e.